The highest BCUT2D eigenvalue weighted by Crippen LogP contribution is 2.18. The number of carboxylic acid groups (broad SMARTS) is 1. The van der Waals surface area contributed by atoms with Gasteiger partial charge in [-0.05, 0) is 19.3 Å². The molecule has 0 atom stereocenters. The molecule has 0 aromatic carbocycles. The van der Waals surface area contributed by atoms with Crippen molar-refractivity contribution in [1.29, 1.82) is 0 Å². The number of aromatic nitrogens is 3. The average Bonchev–Trinajstić information content (AvgIpc) is 2.78. The lowest BCUT2D eigenvalue weighted by molar-refractivity contribution is -0.133. The van der Waals surface area contributed by atoms with E-state index in [4.69, 9.17) is 9.84 Å². The highest BCUT2D eigenvalue weighted by atomic mass is 32.2. The molecule has 0 bridgehead atoms. The molecule has 0 unspecified atom stereocenters. The van der Waals surface area contributed by atoms with Gasteiger partial charge in [-0.2, -0.15) is 0 Å². The second-order valence-corrected chi connectivity index (χ2v) is 5.08. The van der Waals surface area contributed by atoms with E-state index in [2.05, 4.69) is 10.2 Å². The van der Waals surface area contributed by atoms with Crippen molar-refractivity contribution in [2.75, 3.05) is 19.5 Å². The number of unbranched alkanes of at least 4 members (excludes halogenated alkanes) is 2. The first-order chi connectivity index (χ1) is 9.19. The normalized spacial score (nSPS) is 10.8. The Hall–Kier alpha value is -1.08. The summed E-state index contributed by atoms with van der Waals surface area (Å²) in [4.78, 5) is 10.6. The van der Waals surface area contributed by atoms with Crippen molar-refractivity contribution in [3.05, 3.63) is 5.82 Å². The number of hydrogen-bond donors (Lipinski definition) is 1. The molecule has 7 heteroatoms. The highest BCUT2D eigenvalue weighted by molar-refractivity contribution is 7.99. The molecule has 1 heterocycles. The number of thioether (sulfide) groups is 1. The molecule has 1 aromatic rings. The van der Waals surface area contributed by atoms with Gasteiger partial charge in [-0.3, -0.25) is 4.79 Å². The summed E-state index contributed by atoms with van der Waals surface area (Å²) in [6, 6.07) is 0. The zero-order valence-corrected chi connectivity index (χ0v) is 12.3. The number of ether oxygens (including phenoxy) is 1. The van der Waals surface area contributed by atoms with Crippen molar-refractivity contribution < 1.29 is 14.6 Å². The van der Waals surface area contributed by atoms with E-state index < -0.39 is 5.97 Å². The van der Waals surface area contributed by atoms with Crippen LogP contribution < -0.4 is 0 Å². The Morgan fingerprint density at radius 3 is 2.79 bits per heavy atom. The van der Waals surface area contributed by atoms with Gasteiger partial charge >= 0.3 is 5.97 Å². The van der Waals surface area contributed by atoms with Crippen LogP contribution in [0.5, 0.6) is 0 Å². The topological polar surface area (TPSA) is 77.2 Å². The fourth-order valence-corrected chi connectivity index (χ4v) is 2.43. The predicted octanol–water partition coefficient (Wildman–Crippen LogP) is 1.83. The second-order valence-electron chi connectivity index (χ2n) is 4.14. The van der Waals surface area contributed by atoms with E-state index in [-0.39, 0.29) is 5.75 Å². The van der Waals surface area contributed by atoms with E-state index in [9.17, 15) is 4.79 Å². The molecular weight excluding hydrogens is 266 g/mol. The number of rotatable bonds is 10. The molecule has 0 saturated heterocycles. The minimum Gasteiger partial charge on any atom is -0.481 e. The third-order valence-electron chi connectivity index (χ3n) is 2.66. The van der Waals surface area contributed by atoms with Crippen molar-refractivity contribution >= 4 is 17.7 Å². The second kappa shape index (κ2) is 8.92. The van der Waals surface area contributed by atoms with Crippen LogP contribution >= 0.6 is 11.8 Å². The molecule has 0 amide bonds. The zero-order chi connectivity index (χ0) is 14.1. The van der Waals surface area contributed by atoms with Crippen molar-refractivity contribution in [2.45, 2.75) is 44.3 Å². The Labute approximate surface area is 117 Å². The van der Waals surface area contributed by atoms with Crippen LogP contribution in [-0.2, 0) is 22.5 Å². The Morgan fingerprint density at radius 1 is 1.37 bits per heavy atom. The van der Waals surface area contributed by atoms with Crippen molar-refractivity contribution in [3.63, 3.8) is 0 Å². The Bertz CT molecular complexity index is 396. The van der Waals surface area contributed by atoms with Gasteiger partial charge in [-0.25, -0.2) is 0 Å². The molecule has 0 spiro atoms. The smallest absolute Gasteiger partial charge is 0.313 e. The molecule has 0 aliphatic heterocycles. The van der Waals surface area contributed by atoms with E-state index in [0.29, 0.717) is 5.16 Å². The van der Waals surface area contributed by atoms with Gasteiger partial charge in [-0.1, -0.05) is 18.7 Å². The molecule has 6 nitrogen and oxygen atoms in total. The standard InChI is InChI=1S/C12H21N3O3S/c1-3-10-13-14-12(19-9-11(16)17)15(10)7-5-4-6-8-18-2/h3-9H2,1-2H3,(H,16,17). The van der Waals surface area contributed by atoms with Crippen LogP contribution in [0.3, 0.4) is 0 Å². The molecule has 1 N–H and O–H groups in total. The Morgan fingerprint density at radius 2 is 2.16 bits per heavy atom. The Balaban J connectivity index is 2.52. The van der Waals surface area contributed by atoms with Crippen LogP contribution in [-0.4, -0.2) is 45.3 Å². The van der Waals surface area contributed by atoms with Gasteiger partial charge in [0.2, 0.25) is 0 Å². The summed E-state index contributed by atoms with van der Waals surface area (Å²) in [5, 5.41) is 17.6. The van der Waals surface area contributed by atoms with E-state index in [1.807, 2.05) is 11.5 Å². The fraction of sp³-hybridized carbons (Fsp3) is 0.750. The fourth-order valence-electron chi connectivity index (χ4n) is 1.73. The number of hydrogen-bond acceptors (Lipinski definition) is 5. The lowest BCUT2D eigenvalue weighted by atomic mass is 10.2. The summed E-state index contributed by atoms with van der Waals surface area (Å²) in [6.07, 6.45) is 3.95. The number of methoxy groups -OCH3 is 1. The maximum Gasteiger partial charge on any atom is 0.313 e. The largest absolute Gasteiger partial charge is 0.481 e. The van der Waals surface area contributed by atoms with Crippen LogP contribution in [0.4, 0.5) is 0 Å². The molecule has 1 rings (SSSR count). The van der Waals surface area contributed by atoms with E-state index in [0.717, 1.165) is 44.7 Å². The van der Waals surface area contributed by atoms with Crippen LogP contribution in [0.2, 0.25) is 0 Å². The minimum absolute atomic E-state index is 0.0194. The zero-order valence-electron chi connectivity index (χ0n) is 11.5. The maximum atomic E-state index is 10.6. The van der Waals surface area contributed by atoms with Crippen molar-refractivity contribution in [2.24, 2.45) is 0 Å². The number of nitrogens with zero attached hydrogens (tertiary/aromatic N) is 3. The number of aliphatic carboxylic acids is 1. The molecular formula is C12H21N3O3S. The molecule has 0 aliphatic rings. The summed E-state index contributed by atoms with van der Waals surface area (Å²) >= 11 is 1.22. The van der Waals surface area contributed by atoms with E-state index in [1.54, 1.807) is 7.11 Å². The Kier molecular flexibility index (Phi) is 7.50. The first-order valence-corrected chi connectivity index (χ1v) is 7.43. The van der Waals surface area contributed by atoms with Crippen LogP contribution in [0.25, 0.3) is 0 Å². The monoisotopic (exact) mass is 287 g/mol. The summed E-state index contributed by atoms with van der Waals surface area (Å²) < 4.78 is 7.04. The molecule has 0 radical (unpaired) electrons. The van der Waals surface area contributed by atoms with E-state index >= 15 is 0 Å². The van der Waals surface area contributed by atoms with Gasteiger partial charge < -0.3 is 14.4 Å². The summed E-state index contributed by atoms with van der Waals surface area (Å²) in [5.74, 6) is 0.100. The molecule has 0 fully saturated rings. The van der Waals surface area contributed by atoms with Gasteiger partial charge in [0.15, 0.2) is 5.16 Å². The molecule has 0 aliphatic carbocycles. The third kappa shape index (κ3) is 5.61. The molecule has 1 aromatic heterocycles. The number of carboxylic acids is 1. The van der Waals surface area contributed by atoms with Gasteiger partial charge in [0, 0.05) is 26.7 Å². The highest BCUT2D eigenvalue weighted by Gasteiger charge is 2.12. The first kappa shape index (κ1) is 16.0. The maximum absolute atomic E-state index is 10.6. The number of aryl methyl sites for hydroxylation is 1. The minimum atomic E-state index is -0.835. The lowest BCUT2D eigenvalue weighted by Gasteiger charge is -2.08. The van der Waals surface area contributed by atoms with Gasteiger partial charge in [-0.15, -0.1) is 10.2 Å². The average molecular weight is 287 g/mol. The van der Waals surface area contributed by atoms with Crippen molar-refractivity contribution in [3.8, 4) is 0 Å². The molecule has 0 saturated carbocycles. The van der Waals surface area contributed by atoms with Crippen molar-refractivity contribution in [1.82, 2.24) is 14.8 Å². The van der Waals surface area contributed by atoms with E-state index in [1.165, 1.54) is 11.8 Å². The lowest BCUT2D eigenvalue weighted by Crippen LogP contribution is -2.07. The van der Waals surface area contributed by atoms with Crippen LogP contribution in [0, 0.1) is 0 Å². The molecule has 108 valence electrons. The van der Waals surface area contributed by atoms with Gasteiger partial charge in [0.05, 0.1) is 5.75 Å². The molecule has 19 heavy (non-hydrogen) atoms. The third-order valence-corrected chi connectivity index (χ3v) is 3.62. The summed E-state index contributed by atoms with van der Waals surface area (Å²) in [6.45, 7) is 3.64. The predicted molar refractivity (Wildman–Crippen MR) is 73.5 cm³/mol. The van der Waals surface area contributed by atoms with Gasteiger partial charge in [0.25, 0.3) is 0 Å². The summed E-state index contributed by atoms with van der Waals surface area (Å²) in [5.41, 5.74) is 0. The quantitative estimate of drug-likeness (QED) is 0.522. The van der Waals surface area contributed by atoms with Crippen LogP contribution in [0.15, 0.2) is 5.16 Å². The summed E-state index contributed by atoms with van der Waals surface area (Å²) in [7, 11) is 1.70. The first-order valence-electron chi connectivity index (χ1n) is 6.44. The SMILES string of the molecule is CCc1nnc(SCC(=O)O)n1CCCCCOC. The van der Waals surface area contributed by atoms with Gasteiger partial charge in [0.1, 0.15) is 5.82 Å². The number of carbonyl (C=O) groups is 1. The van der Waals surface area contributed by atoms with Crippen LogP contribution in [0.1, 0.15) is 32.0 Å².